The minimum atomic E-state index is -0.208. The maximum atomic E-state index is 12.2. The van der Waals surface area contributed by atoms with Crippen LogP contribution in [0.4, 0.5) is 0 Å². The van der Waals surface area contributed by atoms with Crippen molar-refractivity contribution in [2.75, 3.05) is 0 Å². The molecule has 0 aliphatic carbocycles. The number of rotatable bonds is 31. The van der Waals surface area contributed by atoms with Crippen LogP contribution in [0.3, 0.4) is 0 Å². The van der Waals surface area contributed by atoms with Gasteiger partial charge in [-0.15, -0.1) is 0 Å². The van der Waals surface area contributed by atoms with Crippen molar-refractivity contribution in [1.82, 2.24) is 0 Å². The fraction of sp³-hybridized carbons (Fsp3) is 0.941. The van der Waals surface area contributed by atoms with Gasteiger partial charge in [0.25, 0.3) is 0 Å². The van der Waals surface area contributed by atoms with Gasteiger partial charge in [0.15, 0.2) is 0 Å². The topological polar surface area (TPSA) is 43.4 Å². The van der Waals surface area contributed by atoms with Gasteiger partial charge in [-0.1, -0.05) is 168 Å². The normalized spacial score (nSPS) is 12.1. The molecule has 0 aliphatic heterocycles. The number of esters is 1. The van der Waals surface area contributed by atoms with Gasteiger partial charge >= 0.3 is 5.97 Å². The first-order valence-electron chi connectivity index (χ1n) is 16.9. The van der Waals surface area contributed by atoms with E-state index >= 15 is 0 Å². The van der Waals surface area contributed by atoms with Crippen molar-refractivity contribution in [3.8, 4) is 0 Å². The molecule has 0 saturated carbocycles. The summed E-state index contributed by atoms with van der Waals surface area (Å²) >= 11 is 0. The third kappa shape index (κ3) is 29.5. The number of aldehydes is 1. The number of hydrogen-bond donors (Lipinski definition) is 0. The van der Waals surface area contributed by atoms with E-state index in [2.05, 4.69) is 13.8 Å². The van der Waals surface area contributed by atoms with E-state index in [9.17, 15) is 9.59 Å². The highest BCUT2D eigenvalue weighted by Crippen LogP contribution is 2.16. The Kier molecular flexibility index (Phi) is 30.6. The molecule has 0 aromatic heterocycles. The van der Waals surface area contributed by atoms with E-state index in [-0.39, 0.29) is 12.1 Å². The van der Waals surface area contributed by atoms with Crippen LogP contribution in [-0.2, 0) is 14.3 Å². The predicted octanol–water partition coefficient (Wildman–Crippen LogP) is 11.4. The molecule has 1 atom stereocenters. The van der Waals surface area contributed by atoms with Gasteiger partial charge in [0, 0.05) is 12.8 Å². The Morgan fingerprint density at radius 3 is 1.19 bits per heavy atom. The largest absolute Gasteiger partial charge is 0.462 e. The molecule has 3 heteroatoms. The molecular formula is C34H66O3. The average molecular weight is 523 g/mol. The van der Waals surface area contributed by atoms with Crippen LogP contribution < -0.4 is 0 Å². The Labute approximate surface area is 232 Å². The van der Waals surface area contributed by atoms with Crippen LogP contribution in [0.5, 0.6) is 0 Å². The summed E-state index contributed by atoms with van der Waals surface area (Å²) in [5.41, 5.74) is 0. The third-order valence-corrected chi connectivity index (χ3v) is 7.77. The van der Waals surface area contributed by atoms with Gasteiger partial charge in [-0.25, -0.2) is 0 Å². The molecule has 0 fully saturated rings. The van der Waals surface area contributed by atoms with E-state index in [4.69, 9.17) is 4.74 Å². The SMILES string of the molecule is CCCCCCCCCCCCCCCCCC(=O)OC(CC=O)CCCCCCCCCCCCC. The van der Waals surface area contributed by atoms with Crippen molar-refractivity contribution in [3.63, 3.8) is 0 Å². The molecule has 3 nitrogen and oxygen atoms in total. The van der Waals surface area contributed by atoms with E-state index in [1.807, 2.05) is 0 Å². The minimum Gasteiger partial charge on any atom is -0.462 e. The van der Waals surface area contributed by atoms with Crippen molar-refractivity contribution in [2.45, 2.75) is 206 Å². The van der Waals surface area contributed by atoms with Crippen molar-refractivity contribution in [1.29, 1.82) is 0 Å². The van der Waals surface area contributed by atoms with Gasteiger partial charge in [0.1, 0.15) is 12.4 Å². The van der Waals surface area contributed by atoms with Gasteiger partial charge in [-0.05, 0) is 19.3 Å². The van der Waals surface area contributed by atoms with E-state index < -0.39 is 0 Å². The second-order valence-electron chi connectivity index (χ2n) is 11.5. The predicted molar refractivity (Wildman–Crippen MR) is 161 cm³/mol. The Balaban J connectivity index is 3.51. The maximum absolute atomic E-state index is 12.2. The highest BCUT2D eigenvalue weighted by atomic mass is 16.5. The standard InChI is InChI=1S/C34H66O3/c1-3-5-7-9-11-13-15-16-17-18-20-22-24-26-28-30-34(36)37-33(31-32-35)29-27-25-23-21-19-14-12-10-8-6-4-2/h32-33H,3-31H2,1-2H3. The maximum Gasteiger partial charge on any atom is 0.306 e. The van der Waals surface area contributed by atoms with Crippen LogP contribution in [0, 0.1) is 0 Å². The molecular weight excluding hydrogens is 456 g/mol. The van der Waals surface area contributed by atoms with Crippen LogP contribution >= 0.6 is 0 Å². The van der Waals surface area contributed by atoms with Crippen molar-refractivity contribution < 1.29 is 14.3 Å². The third-order valence-electron chi connectivity index (χ3n) is 7.77. The van der Waals surface area contributed by atoms with Crippen LogP contribution in [-0.4, -0.2) is 18.4 Å². The lowest BCUT2D eigenvalue weighted by atomic mass is 10.0. The number of hydrogen-bond acceptors (Lipinski definition) is 3. The molecule has 37 heavy (non-hydrogen) atoms. The van der Waals surface area contributed by atoms with Gasteiger partial charge in [-0.3, -0.25) is 4.79 Å². The second-order valence-corrected chi connectivity index (χ2v) is 11.5. The van der Waals surface area contributed by atoms with Crippen LogP contribution in [0.2, 0.25) is 0 Å². The fourth-order valence-electron chi connectivity index (χ4n) is 5.25. The summed E-state index contributed by atoms with van der Waals surface area (Å²) in [4.78, 5) is 23.2. The molecule has 0 aromatic rings. The smallest absolute Gasteiger partial charge is 0.306 e. The molecule has 0 bridgehead atoms. The van der Waals surface area contributed by atoms with Crippen molar-refractivity contribution in [3.05, 3.63) is 0 Å². The second kappa shape index (κ2) is 31.4. The van der Waals surface area contributed by atoms with Crippen LogP contribution in [0.15, 0.2) is 0 Å². The quantitative estimate of drug-likeness (QED) is 0.0516. The molecule has 0 N–H and O–H groups in total. The van der Waals surface area contributed by atoms with Gasteiger partial charge in [-0.2, -0.15) is 0 Å². The number of carbonyl (C=O) groups is 2. The summed E-state index contributed by atoms with van der Waals surface area (Å²) < 4.78 is 5.63. The van der Waals surface area contributed by atoms with Crippen LogP contribution in [0.25, 0.3) is 0 Å². The van der Waals surface area contributed by atoms with Crippen molar-refractivity contribution in [2.24, 2.45) is 0 Å². The van der Waals surface area contributed by atoms with E-state index in [0.29, 0.717) is 12.8 Å². The lowest BCUT2D eigenvalue weighted by molar-refractivity contribution is -0.150. The van der Waals surface area contributed by atoms with Gasteiger partial charge in [0.05, 0.1) is 0 Å². The lowest BCUT2D eigenvalue weighted by Crippen LogP contribution is -2.18. The zero-order valence-electron chi connectivity index (χ0n) is 25.4. The van der Waals surface area contributed by atoms with E-state index in [0.717, 1.165) is 32.0 Å². The van der Waals surface area contributed by atoms with E-state index in [1.54, 1.807) is 0 Å². The zero-order chi connectivity index (χ0) is 27.1. The molecule has 0 spiro atoms. The summed E-state index contributed by atoms with van der Waals surface area (Å²) in [5.74, 6) is -0.107. The van der Waals surface area contributed by atoms with E-state index in [1.165, 1.54) is 148 Å². The molecule has 0 aliphatic rings. The Bertz CT molecular complexity index is 462. The molecule has 0 rings (SSSR count). The fourth-order valence-corrected chi connectivity index (χ4v) is 5.25. The Hall–Kier alpha value is -0.860. The molecule has 0 saturated heterocycles. The first kappa shape index (κ1) is 36.1. The summed E-state index contributed by atoms with van der Waals surface area (Å²) in [6.45, 7) is 4.55. The molecule has 1 unspecified atom stereocenters. The zero-order valence-corrected chi connectivity index (χ0v) is 25.4. The highest BCUT2D eigenvalue weighted by Gasteiger charge is 2.13. The number of carbonyl (C=O) groups excluding carboxylic acids is 2. The van der Waals surface area contributed by atoms with Crippen LogP contribution in [0.1, 0.15) is 200 Å². The Morgan fingerprint density at radius 1 is 0.514 bits per heavy atom. The molecule has 220 valence electrons. The minimum absolute atomic E-state index is 0.107. The summed E-state index contributed by atoms with van der Waals surface area (Å²) in [6.07, 6.45) is 36.7. The Morgan fingerprint density at radius 2 is 0.838 bits per heavy atom. The molecule has 0 aromatic carbocycles. The number of ether oxygens (including phenoxy) is 1. The summed E-state index contributed by atoms with van der Waals surface area (Å²) in [7, 11) is 0. The lowest BCUT2D eigenvalue weighted by Gasteiger charge is -2.15. The molecule has 0 amide bonds. The van der Waals surface area contributed by atoms with Gasteiger partial charge in [0.2, 0.25) is 0 Å². The summed E-state index contributed by atoms with van der Waals surface area (Å²) in [6, 6.07) is 0. The highest BCUT2D eigenvalue weighted by molar-refractivity contribution is 5.69. The first-order chi connectivity index (χ1) is 18.2. The molecule has 0 heterocycles. The number of unbranched alkanes of at least 4 members (excludes halogenated alkanes) is 24. The van der Waals surface area contributed by atoms with Crippen molar-refractivity contribution >= 4 is 12.3 Å². The first-order valence-corrected chi connectivity index (χ1v) is 16.9. The summed E-state index contributed by atoms with van der Waals surface area (Å²) in [5, 5.41) is 0. The molecule has 0 radical (unpaired) electrons. The average Bonchev–Trinajstić information content (AvgIpc) is 2.89. The monoisotopic (exact) mass is 523 g/mol. The van der Waals surface area contributed by atoms with Gasteiger partial charge < -0.3 is 9.53 Å².